The Kier molecular flexibility index (Phi) is 3.56. The summed E-state index contributed by atoms with van der Waals surface area (Å²) in [4.78, 5) is 15.9. The van der Waals surface area contributed by atoms with Gasteiger partial charge in [-0.15, -0.1) is 0 Å². The van der Waals surface area contributed by atoms with E-state index in [1.165, 1.54) is 10.8 Å². The lowest BCUT2D eigenvalue weighted by Gasteiger charge is -2.06. The van der Waals surface area contributed by atoms with Crippen molar-refractivity contribution in [1.29, 1.82) is 0 Å². The fourth-order valence-electron chi connectivity index (χ4n) is 1.64. The molecule has 1 aromatic carbocycles. The molecule has 0 spiro atoms. The van der Waals surface area contributed by atoms with Gasteiger partial charge < -0.3 is 4.57 Å². The van der Waals surface area contributed by atoms with Crippen LogP contribution in [0.1, 0.15) is 23.1 Å². The molecule has 0 aliphatic carbocycles. The molecule has 2 rings (SSSR count). The molecule has 0 aliphatic heterocycles. The summed E-state index contributed by atoms with van der Waals surface area (Å²) in [5.41, 5.74) is -0.584. The minimum atomic E-state index is -0.905. The Balaban J connectivity index is 2.53. The third-order valence-electron chi connectivity index (χ3n) is 2.49. The molecule has 1 aromatic heterocycles. The summed E-state index contributed by atoms with van der Waals surface area (Å²) >= 11 is 2.96. The summed E-state index contributed by atoms with van der Waals surface area (Å²) in [5, 5.41) is 0. The number of carbonyl (C=O) groups excluding carboxylic acids is 1. The predicted molar refractivity (Wildman–Crippen MR) is 65.4 cm³/mol. The van der Waals surface area contributed by atoms with Gasteiger partial charge in [-0.05, 0) is 19.1 Å². The third-order valence-corrected chi connectivity index (χ3v) is 2.95. The van der Waals surface area contributed by atoms with E-state index in [1.54, 1.807) is 6.20 Å². The largest absolute Gasteiger partial charge is 0.328 e. The maximum atomic E-state index is 13.7. The van der Waals surface area contributed by atoms with Gasteiger partial charge in [0.05, 0.1) is 5.56 Å². The molecule has 1 heterocycles. The molecule has 3 nitrogen and oxygen atoms in total. The van der Waals surface area contributed by atoms with Crippen LogP contribution in [0.5, 0.6) is 0 Å². The molecule has 2 aromatic rings. The van der Waals surface area contributed by atoms with E-state index >= 15 is 0 Å². The van der Waals surface area contributed by atoms with Crippen LogP contribution in [0.25, 0.3) is 0 Å². The second kappa shape index (κ2) is 4.97. The van der Waals surface area contributed by atoms with Crippen molar-refractivity contribution in [2.75, 3.05) is 0 Å². The number of benzene rings is 1. The van der Waals surface area contributed by atoms with Gasteiger partial charge in [0.25, 0.3) is 0 Å². The molecule has 0 unspecified atom stereocenters. The topological polar surface area (TPSA) is 34.9 Å². The minimum Gasteiger partial charge on any atom is -0.328 e. The molecule has 0 atom stereocenters. The van der Waals surface area contributed by atoms with Crippen LogP contribution in [0.3, 0.4) is 0 Å². The second-order valence-electron chi connectivity index (χ2n) is 3.61. The molecular weight excluding hydrogens is 306 g/mol. The fourth-order valence-corrected chi connectivity index (χ4v) is 2.05. The zero-order chi connectivity index (χ0) is 13.3. The molecule has 0 radical (unpaired) electrons. The number of halogens is 3. The first-order chi connectivity index (χ1) is 8.54. The quantitative estimate of drug-likeness (QED) is 0.816. The van der Waals surface area contributed by atoms with Crippen molar-refractivity contribution in [2.24, 2.45) is 0 Å². The highest BCUT2D eigenvalue weighted by atomic mass is 79.9. The number of hydrogen-bond acceptors (Lipinski definition) is 2. The van der Waals surface area contributed by atoms with Crippen LogP contribution in [0.4, 0.5) is 8.78 Å². The van der Waals surface area contributed by atoms with Gasteiger partial charge in [0.15, 0.2) is 5.82 Å². The first kappa shape index (κ1) is 12.9. The molecule has 0 bridgehead atoms. The average molecular weight is 315 g/mol. The van der Waals surface area contributed by atoms with E-state index in [2.05, 4.69) is 20.9 Å². The van der Waals surface area contributed by atoms with Gasteiger partial charge in [-0.2, -0.15) is 0 Å². The van der Waals surface area contributed by atoms with Crippen LogP contribution in [0.15, 0.2) is 29.0 Å². The van der Waals surface area contributed by atoms with Crippen molar-refractivity contribution in [2.45, 2.75) is 13.5 Å². The maximum absolute atomic E-state index is 13.7. The van der Waals surface area contributed by atoms with Crippen LogP contribution in [-0.2, 0) is 6.54 Å². The fraction of sp³-hybridized carbons (Fsp3) is 0.167. The highest BCUT2D eigenvalue weighted by molar-refractivity contribution is 9.10. The molecule has 18 heavy (non-hydrogen) atoms. The van der Waals surface area contributed by atoms with E-state index in [9.17, 15) is 13.6 Å². The molecule has 0 fully saturated rings. The Morgan fingerprint density at radius 2 is 2.00 bits per heavy atom. The van der Waals surface area contributed by atoms with Crippen molar-refractivity contribution < 1.29 is 13.6 Å². The van der Waals surface area contributed by atoms with E-state index < -0.39 is 23.0 Å². The van der Waals surface area contributed by atoms with Crippen LogP contribution >= 0.6 is 15.9 Å². The van der Waals surface area contributed by atoms with Gasteiger partial charge in [0.1, 0.15) is 11.6 Å². The van der Waals surface area contributed by atoms with Gasteiger partial charge in [-0.25, -0.2) is 13.8 Å². The predicted octanol–water partition coefficient (Wildman–Crippen LogP) is 3.17. The number of carbonyl (C=O) groups is 1. The molecule has 0 saturated heterocycles. The Morgan fingerprint density at radius 1 is 1.39 bits per heavy atom. The van der Waals surface area contributed by atoms with Gasteiger partial charge in [0, 0.05) is 23.4 Å². The van der Waals surface area contributed by atoms with Crippen molar-refractivity contribution in [3.8, 4) is 0 Å². The summed E-state index contributed by atoms with van der Waals surface area (Å²) in [5.74, 6) is -2.54. The van der Waals surface area contributed by atoms with E-state index in [-0.39, 0.29) is 10.3 Å². The molecule has 0 amide bonds. The number of imidazole rings is 1. The number of rotatable bonds is 3. The standard InChI is InChI=1S/C12H9BrF2N2O/c1-2-17-4-3-16-12(17)11(18)10-8(14)5-7(13)6-9(10)15/h3-6H,2H2,1H3. The number of ketones is 1. The van der Waals surface area contributed by atoms with Crippen LogP contribution in [-0.4, -0.2) is 15.3 Å². The van der Waals surface area contributed by atoms with E-state index in [4.69, 9.17) is 0 Å². The molecular formula is C12H9BrF2N2O. The molecule has 0 aliphatic rings. The summed E-state index contributed by atoms with van der Waals surface area (Å²) in [6.07, 6.45) is 3.01. The summed E-state index contributed by atoms with van der Waals surface area (Å²) in [6.45, 7) is 2.31. The van der Waals surface area contributed by atoms with Gasteiger partial charge in [0.2, 0.25) is 5.78 Å². The number of aryl methyl sites for hydroxylation is 1. The average Bonchev–Trinajstić information content (AvgIpc) is 2.75. The highest BCUT2D eigenvalue weighted by Crippen LogP contribution is 2.21. The van der Waals surface area contributed by atoms with Crippen LogP contribution < -0.4 is 0 Å². The lowest BCUT2D eigenvalue weighted by atomic mass is 10.1. The summed E-state index contributed by atoms with van der Waals surface area (Å²) in [6, 6.07) is 2.10. The Labute approximate surface area is 111 Å². The molecule has 0 saturated carbocycles. The van der Waals surface area contributed by atoms with Crippen molar-refractivity contribution >= 4 is 21.7 Å². The Morgan fingerprint density at radius 3 is 2.56 bits per heavy atom. The Bertz CT molecular complexity index is 587. The van der Waals surface area contributed by atoms with Gasteiger partial charge in [-0.1, -0.05) is 15.9 Å². The number of hydrogen-bond donors (Lipinski definition) is 0. The van der Waals surface area contributed by atoms with Crippen LogP contribution in [0.2, 0.25) is 0 Å². The Hall–Kier alpha value is -1.56. The minimum absolute atomic E-state index is 0.0256. The first-order valence-electron chi connectivity index (χ1n) is 5.25. The second-order valence-corrected chi connectivity index (χ2v) is 4.53. The normalized spacial score (nSPS) is 10.7. The van der Waals surface area contributed by atoms with Crippen molar-refractivity contribution in [3.63, 3.8) is 0 Å². The lowest BCUT2D eigenvalue weighted by Crippen LogP contribution is -2.14. The summed E-state index contributed by atoms with van der Waals surface area (Å²) < 4.78 is 29.1. The number of aromatic nitrogens is 2. The number of nitrogens with zero attached hydrogens (tertiary/aromatic N) is 2. The molecule has 0 N–H and O–H groups in total. The van der Waals surface area contributed by atoms with Crippen LogP contribution in [0, 0.1) is 11.6 Å². The third kappa shape index (κ3) is 2.20. The zero-order valence-corrected chi connectivity index (χ0v) is 11.0. The SMILES string of the molecule is CCn1ccnc1C(=O)c1c(F)cc(Br)cc1F. The molecule has 6 heteroatoms. The smallest absolute Gasteiger partial charge is 0.234 e. The van der Waals surface area contributed by atoms with Crippen molar-refractivity contribution in [1.82, 2.24) is 9.55 Å². The summed E-state index contributed by atoms with van der Waals surface area (Å²) in [7, 11) is 0. The van der Waals surface area contributed by atoms with Gasteiger partial charge in [-0.3, -0.25) is 4.79 Å². The van der Waals surface area contributed by atoms with E-state index in [0.717, 1.165) is 12.1 Å². The zero-order valence-electron chi connectivity index (χ0n) is 9.45. The van der Waals surface area contributed by atoms with E-state index in [0.29, 0.717) is 6.54 Å². The highest BCUT2D eigenvalue weighted by Gasteiger charge is 2.23. The van der Waals surface area contributed by atoms with Crippen molar-refractivity contribution in [3.05, 3.63) is 52.0 Å². The lowest BCUT2D eigenvalue weighted by molar-refractivity contribution is 0.101. The molecule has 94 valence electrons. The monoisotopic (exact) mass is 314 g/mol. The first-order valence-corrected chi connectivity index (χ1v) is 6.04. The van der Waals surface area contributed by atoms with E-state index in [1.807, 2.05) is 6.92 Å². The van der Waals surface area contributed by atoms with Gasteiger partial charge >= 0.3 is 0 Å². The maximum Gasteiger partial charge on any atom is 0.234 e.